The van der Waals surface area contributed by atoms with Gasteiger partial charge in [0, 0.05) is 37.3 Å². The quantitative estimate of drug-likeness (QED) is 0.786. The van der Waals surface area contributed by atoms with Gasteiger partial charge in [0.1, 0.15) is 5.60 Å². The van der Waals surface area contributed by atoms with Crippen molar-refractivity contribution in [3.05, 3.63) is 0 Å². The van der Waals surface area contributed by atoms with Gasteiger partial charge in [0.25, 0.3) is 0 Å². The molecule has 4 rings (SSSR count). The Bertz CT molecular complexity index is 363. The second-order valence-electron chi connectivity index (χ2n) is 7.40. The summed E-state index contributed by atoms with van der Waals surface area (Å²) in [6, 6.07) is 0. The van der Waals surface area contributed by atoms with Crippen LogP contribution in [-0.4, -0.2) is 53.9 Å². The largest absolute Gasteiger partial charge is 0.444 e. The monoisotopic (exact) mass is 267 g/mol. The molecule has 0 aromatic heterocycles. The standard InChI is InChI=1S/C14H25N3O2/c1-12(2,3)19-11(18)16-13-8-14(9-13,10-13)17-6-4-15-5-7-17/h15H,4-10H2,1-3H3,(H,16,18). The second-order valence-corrected chi connectivity index (χ2v) is 7.40. The number of hydrogen-bond acceptors (Lipinski definition) is 4. The molecular formula is C14H25N3O2. The van der Waals surface area contributed by atoms with Crippen LogP contribution in [0.15, 0.2) is 0 Å². The van der Waals surface area contributed by atoms with Gasteiger partial charge in [-0.2, -0.15) is 0 Å². The third-order valence-corrected chi connectivity index (χ3v) is 4.56. The fourth-order valence-electron chi connectivity index (χ4n) is 3.86. The first-order valence-electron chi connectivity index (χ1n) is 7.30. The molecule has 0 spiro atoms. The molecule has 0 radical (unpaired) electrons. The third-order valence-electron chi connectivity index (χ3n) is 4.56. The Morgan fingerprint density at radius 2 is 1.79 bits per heavy atom. The van der Waals surface area contributed by atoms with E-state index in [0.717, 1.165) is 45.4 Å². The van der Waals surface area contributed by atoms with Gasteiger partial charge in [0.15, 0.2) is 0 Å². The second kappa shape index (κ2) is 4.09. The van der Waals surface area contributed by atoms with E-state index >= 15 is 0 Å². The van der Waals surface area contributed by atoms with Crippen molar-refractivity contribution in [3.8, 4) is 0 Å². The number of amides is 1. The summed E-state index contributed by atoms with van der Waals surface area (Å²) in [6.07, 6.45) is 3.03. The molecular weight excluding hydrogens is 242 g/mol. The Morgan fingerprint density at radius 3 is 2.32 bits per heavy atom. The summed E-state index contributed by atoms with van der Waals surface area (Å²) < 4.78 is 5.34. The van der Waals surface area contributed by atoms with Crippen LogP contribution in [0.4, 0.5) is 4.79 Å². The topological polar surface area (TPSA) is 53.6 Å². The molecule has 1 heterocycles. The summed E-state index contributed by atoms with van der Waals surface area (Å²) in [4.78, 5) is 14.4. The lowest BCUT2D eigenvalue weighted by atomic mass is 9.43. The zero-order valence-corrected chi connectivity index (χ0v) is 12.2. The Hall–Kier alpha value is -0.810. The Morgan fingerprint density at radius 1 is 1.21 bits per heavy atom. The van der Waals surface area contributed by atoms with Crippen LogP contribution in [0.3, 0.4) is 0 Å². The minimum Gasteiger partial charge on any atom is -0.444 e. The van der Waals surface area contributed by atoms with E-state index < -0.39 is 5.60 Å². The van der Waals surface area contributed by atoms with Crippen molar-refractivity contribution < 1.29 is 9.53 Å². The summed E-state index contributed by atoms with van der Waals surface area (Å²) in [5.74, 6) is 0. The smallest absolute Gasteiger partial charge is 0.408 e. The van der Waals surface area contributed by atoms with E-state index in [-0.39, 0.29) is 11.6 Å². The molecule has 108 valence electrons. The highest BCUT2D eigenvalue weighted by atomic mass is 16.6. The van der Waals surface area contributed by atoms with Gasteiger partial charge in [-0.1, -0.05) is 0 Å². The van der Waals surface area contributed by atoms with Crippen molar-refractivity contribution in [2.45, 2.75) is 56.7 Å². The maximum Gasteiger partial charge on any atom is 0.408 e. The van der Waals surface area contributed by atoms with Crippen LogP contribution in [0.1, 0.15) is 40.0 Å². The summed E-state index contributed by atoms with van der Waals surface area (Å²) >= 11 is 0. The van der Waals surface area contributed by atoms with Gasteiger partial charge >= 0.3 is 6.09 Å². The highest BCUT2D eigenvalue weighted by Crippen LogP contribution is 2.63. The molecule has 1 aliphatic heterocycles. The number of piperazine rings is 1. The molecule has 3 saturated carbocycles. The number of nitrogens with one attached hydrogen (secondary N) is 2. The van der Waals surface area contributed by atoms with E-state index in [2.05, 4.69) is 15.5 Å². The lowest BCUT2D eigenvalue weighted by Crippen LogP contribution is -2.84. The molecule has 2 bridgehead atoms. The highest BCUT2D eigenvalue weighted by molar-refractivity contribution is 5.70. The van der Waals surface area contributed by atoms with Crippen molar-refractivity contribution in [1.29, 1.82) is 0 Å². The Balaban J connectivity index is 1.48. The van der Waals surface area contributed by atoms with Crippen molar-refractivity contribution in [1.82, 2.24) is 15.5 Å². The van der Waals surface area contributed by atoms with Crippen molar-refractivity contribution in [2.24, 2.45) is 0 Å². The zero-order chi connectivity index (χ0) is 13.7. The van der Waals surface area contributed by atoms with E-state index in [1.54, 1.807) is 0 Å². The number of ether oxygens (including phenoxy) is 1. The molecule has 4 aliphatic rings. The van der Waals surface area contributed by atoms with Crippen molar-refractivity contribution >= 4 is 6.09 Å². The average molecular weight is 267 g/mol. The molecule has 2 N–H and O–H groups in total. The van der Waals surface area contributed by atoms with E-state index in [1.165, 1.54) is 0 Å². The third kappa shape index (κ3) is 2.34. The molecule has 0 atom stereocenters. The number of carbonyl (C=O) groups is 1. The highest BCUT2D eigenvalue weighted by Gasteiger charge is 2.70. The first-order chi connectivity index (χ1) is 8.83. The maximum absolute atomic E-state index is 11.8. The van der Waals surface area contributed by atoms with Gasteiger partial charge in [0.2, 0.25) is 0 Å². The van der Waals surface area contributed by atoms with Gasteiger partial charge < -0.3 is 15.4 Å². The first kappa shape index (κ1) is 13.2. The molecule has 3 aliphatic carbocycles. The fraction of sp³-hybridized carbons (Fsp3) is 0.929. The number of hydrogen-bond donors (Lipinski definition) is 2. The molecule has 1 saturated heterocycles. The summed E-state index contributed by atoms with van der Waals surface area (Å²) in [7, 11) is 0. The van der Waals surface area contributed by atoms with E-state index in [4.69, 9.17) is 4.74 Å². The van der Waals surface area contributed by atoms with Crippen LogP contribution < -0.4 is 10.6 Å². The molecule has 5 nitrogen and oxygen atoms in total. The fourth-order valence-corrected chi connectivity index (χ4v) is 3.86. The number of alkyl carbamates (subject to hydrolysis) is 1. The molecule has 4 fully saturated rings. The number of rotatable bonds is 2. The Labute approximate surface area is 115 Å². The predicted octanol–water partition coefficient (Wildman–Crippen LogP) is 1.09. The molecule has 19 heavy (non-hydrogen) atoms. The van der Waals surface area contributed by atoms with Gasteiger partial charge in [-0.3, -0.25) is 4.90 Å². The summed E-state index contributed by atoms with van der Waals surface area (Å²) in [5.41, 5.74) is 0.00810. The molecule has 0 aromatic rings. The predicted molar refractivity (Wildman–Crippen MR) is 73.1 cm³/mol. The Kier molecular flexibility index (Phi) is 2.84. The zero-order valence-electron chi connectivity index (χ0n) is 12.2. The van der Waals surface area contributed by atoms with Gasteiger partial charge in [-0.15, -0.1) is 0 Å². The molecule has 0 unspecified atom stereocenters. The van der Waals surface area contributed by atoms with Crippen LogP contribution in [0.25, 0.3) is 0 Å². The first-order valence-corrected chi connectivity index (χ1v) is 7.30. The molecule has 0 aromatic carbocycles. The van der Waals surface area contributed by atoms with E-state index in [9.17, 15) is 4.79 Å². The minimum atomic E-state index is -0.413. The van der Waals surface area contributed by atoms with Gasteiger partial charge in [0.05, 0.1) is 0 Å². The van der Waals surface area contributed by atoms with Gasteiger partial charge in [-0.25, -0.2) is 4.79 Å². The lowest BCUT2D eigenvalue weighted by Gasteiger charge is -2.74. The van der Waals surface area contributed by atoms with Crippen LogP contribution in [-0.2, 0) is 4.74 Å². The minimum absolute atomic E-state index is 0.0349. The number of carbonyl (C=O) groups excluding carboxylic acids is 1. The lowest BCUT2D eigenvalue weighted by molar-refractivity contribution is -0.179. The summed E-state index contributed by atoms with van der Waals surface area (Å²) in [5, 5.41) is 6.46. The van der Waals surface area contributed by atoms with Crippen LogP contribution in [0.2, 0.25) is 0 Å². The maximum atomic E-state index is 11.8. The summed E-state index contributed by atoms with van der Waals surface area (Å²) in [6.45, 7) is 10.2. The SMILES string of the molecule is CC(C)(C)OC(=O)NC12CC(N3CCNCC3)(C1)C2. The van der Waals surface area contributed by atoms with E-state index in [0.29, 0.717) is 5.54 Å². The average Bonchev–Trinajstić information content (AvgIpc) is 2.20. The van der Waals surface area contributed by atoms with Gasteiger partial charge in [-0.05, 0) is 40.0 Å². The van der Waals surface area contributed by atoms with Crippen LogP contribution >= 0.6 is 0 Å². The van der Waals surface area contributed by atoms with Crippen LogP contribution in [0.5, 0.6) is 0 Å². The van der Waals surface area contributed by atoms with E-state index in [1.807, 2.05) is 20.8 Å². The normalized spacial score (nSPS) is 38.1. The number of nitrogens with zero attached hydrogens (tertiary/aromatic N) is 1. The molecule has 1 amide bonds. The molecule has 5 heteroatoms. The van der Waals surface area contributed by atoms with Crippen molar-refractivity contribution in [2.75, 3.05) is 26.2 Å². The van der Waals surface area contributed by atoms with Crippen LogP contribution in [0, 0.1) is 0 Å². The van der Waals surface area contributed by atoms with Crippen molar-refractivity contribution in [3.63, 3.8) is 0 Å².